The molecule has 13 heteroatoms. The van der Waals surface area contributed by atoms with Crippen LogP contribution in [0.5, 0.6) is 11.8 Å². The zero-order valence-corrected chi connectivity index (χ0v) is 32.8. The molecule has 0 unspecified atom stereocenters. The van der Waals surface area contributed by atoms with E-state index in [9.17, 15) is 5.11 Å². The van der Waals surface area contributed by atoms with Crippen molar-refractivity contribution < 1.29 is 28.1 Å². The van der Waals surface area contributed by atoms with Gasteiger partial charge in [0.05, 0.1) is 23.7 Å². The Morgan fingerprint density at radius 2 is 1.77 bits per heavy atom. The summed E-state index contributed by atoms with van der Waals surface area (Å²) in [6, 6.07) is 6.77. The van der Waals surface area contributed by atoms with Crippen molar-refractivity contribution in [3.05, 3.63) is 47.7 Å². The van der Waals surface area contributed by atoms with E-state index in [2.05, 4.69) is 20.6 Å². The van der Waals surface area contributed by atoms with Crippen LogP contribution in [-0.4, -0.2) is 119 Å². The molecule has 5 heterocycles. The fourth-order valence-corrected chi connectivity index (χ4v) is 10.5. The number of nitrogens with zero attached hydrogens (tertiary/aromatic N) is 7. The first-order valence-electron chi connectivity index (χ1n) is 20.3. The first kappa shape index (κ1) is 36.7. The van der Waals surface area contributed by atoms with Crippen LogP contribution in [0.4, 0.5) is 14.6 Å². The predicted molar refractivity (Wildman–Crippen MR) is 215 cm³/mol. The molecule has 1 N–H and O–H groups in total. The molecule has 11 nitrogen and oxygen atoms in total. The topological polar surface area (TPSA) is 101 Å². The summed E-state index contributed by atoms with van der Waals surface area (Å²) in [4.78, 5) is 17.6. The van der Waals surface area contributed by atoms with Crippen LogP contribution in [0.15, 0.2) is 30.5 Å². The molecule has 10 rings (SSSR count). The van der Waals surface area contributed by atoms with E-state index in [1.807, 2.05) is 6.20 Å². The maximum atomic E-state index is 17.9. The summed E-state index contributed by atoms with van der Waals surface area (Å²) in [7, 11) is 5.34. The monoisotopic (exact) mass is 777 g/mol. The Labute approximate surface area is 330 Å². The minimum absolute atomic E-state index is 0.0162. The number of terminal acetylenes is 1. The van der Waals surface area contributed by atoms with Crippen molar-refractivity contribution in [3.63, 3.8) is 0 Å². The molecule has 3 saturated heterocycles. The van der Waals surface area contributed by atoms with Crippen LogP contribution in [-0.2, 0) is 16.5 Å². The molecule has 3 atom stereocenters. The highest BCUT2D eigenvalue weighted by molar-refractivity contribution is 6.18. The number of aromatic hydroxyl groups is 1. The number of rotatable bonds is 11. The third-order valence-corrected chi connectivity index (χ3v) is 13.6. The summed E-state index contributed by atoms with van der Waals surface area (Å²) in [6.45, 7) is 5.82. The van der Waals surface area contributed by atoms with Gasteiger partial charge in [-0.1, -0.05) is 12.0 Å². The molecular weight excluding hydrogens is 729 g/mol. The lowest BCUT2D eigenvalue weighted by Gasteiger charge is -2.49. The van der Waals surface area contributed by atoms with Crippen LogP contribution in [0.25, 0.3) is 43.7 Å². The largest absolute Gasteiger partial charge is 0.508 e. The van der Waals surface area contributed by atoms with Gasteiger partial charge in [-0.2, -0.15) is 15.1 Å². The van der Waals surface area contributed by atoms with E-state index in [0.29, 0.717) is 51.4 Å². The molecule has 57 heavy (non-hydrogen) atoms. The predicted octanol–water partition coefficient (Wildman–Crippen LogP) is 6.26. The lowest BCUT2D eigenvalue weighted by molar-refractivity contribution is 0.0199. The SMILES string of the molecule is C#Cc1c(F)ccc2cc(O)cc(-c3c(F)c4nc(OCC5(CN6CC[C@H](OC)C6)CC5)nc(N5[C@@H]6CC[C@H]5CN(C5CC(COC)C5)C6)c4c4cn(C)nc34)c12. The van der Waals surface area contributed by atoms with Gasteiger partial charge in [0.2, 0.25) is 0 Å². The molecule has 5 aromatic rings. The number of anilines is 1. The third-order valence-electron chi connectivity index (χ3n) is 13.6. The highest BCUT2D eigenvalue weighted by atomic mass is 19.1. The summed E-state index contributed by atoms with van der Waals surface area (Å²) < 4.78 is 52.5. The number of aryl methyl sites for hydroxylation is 1. The molecule has 2 aliphatic carbocycles. The number of hydrogen-bond donors (Lipinski definition) is 1. The Morgan fingerprint density at radius 1 is 0.982 bits per heavy atom. The second-order valence-electron chi connectivity index (χ2n) is 17.3. The Bertz CT molecular complexity index is 2430. The zero-order valence-electron chi connectivity index (χ0n) is 32.8. The van der Waals surface area contributed by atoms with E-state index in [4.69, 9.17) is 35.7 Å². The summed E-state index contributed by atoms with van der Waals surface area (Å²) in [5.41, 5.74) is 0.722. The van der Waals surface area contributed by atoms with E-state index >= 15 is 8.78 Å². The highest BCUT2D eigenvalue weighted by Crippen LogP contribution is 2.49. The second kappa shape index (κ2) is 14.0. The van der Waals surface area contributed by atoms with Gasteiger partial charge in [-0.25, -0.2) is 8.78 Å². The van der Waals surface area contributed by atoms with E-state index in [1.165, 1.54) is 24.3 Å². The standard InChI is InChI=1S/C44H49F2N7O4/c1-5-32-35(45)9-6-26-16-30(54)17-33(36(26)32)37-39(46)41-38(34-21-50(2)49-40(34)37)42(53-27-7-8-28(53)19-52(18-27)29-14-25(15-29)22-55-3)48-43(47-41)57-24-44(11-12-44)23-51-13-10-31(20-51)56-4/h1,6,9,16-17,21,25,27-29,31,54H,7-8,10-15,18-20,22-24H2,2-4H3/t25?,27-,28+,29?,31-/m0/s1. The van der Waals surface area contributed by atoms with Crippen molar-refractivity contribution in [3.8, 4) is 35.2 Å². The first-order valence-corrected chi connectivity index (χ1v) is 20.3. The number of halogens is 2. The summed E-state index contributed by atoms with van der Waals surface area (Å²) in [5.74, 6) is 2.36. The van der Waals surface area contributed by atoms with E-state index in [0.717, 1.165) is 84.3 Å². The number of ether oxygens (including phenoxy) is 3. The molecule has 0 spiro atoms. The molecule has 2 aromatic heterocycles. The maximum absolute atomic E-state index is 17.9. The Morgan fingerprint density at radius 3 is 2.47 bits per heavy atom. The number of likely N-dealkylation sites (tertiary alicyclic amines) is 2. The van der Waals surface area contributed by atoms with E-state index in [-0.39, 0.29) is 57.6 Å². The van der Waals surface area contributed by atoms with E-state index < -0.39 is 11.6 Å². The molecule has 5 aliphatic rings. The van der Waals surface area contributed by atoms with Crippen molar-refractivity contribution in [1.29, 1.82) is 0 Å². The number of phenolic OH excluding ortho intramolecular Hbond substituents is 1. The van der Waals surface area contributed by atoms with Crippen LogP contribution in [0.2, 0.25) is 0 Å². The van der Waals surface area contributed by atoms with Gasteiger partial charge in [0, 0.05) is 107 Å². The minimum Gasteiger partial charge on any atom is -0.508 e. The van der Waals surface area contributed by atoms with Gasteiger partial charge in [0.15, 0.2) is 5.82 Å². The summed E-state index contributed by atoms with van der Waals surface area (Å²) >= 11 is 0. The number of hydrogen-bond acceptors (Lipinski definition) is 10. The maximum Gasteiger partial charge on any atom is 0.319 e. The molecule has 0 radical (unpaired) electrons. The number of methoxy groups -OCH3 is 2. The molecule has 298 valence electrons. The first-order chi connectivity index (χ1) is 27.7. The zero-order chi connectivity index (χ0) is 39.2. The van der Waals surface area contributed by atoms with Gasteiger partial charge in [-0.15, -0.1) is 6.42 Å². The van der Waals surface area contributed by atoms with Gasteiger partial charge in [-0.05, 0) is 80.0 Å². The molecule has 3 aliphatic heterocycles. The average molecular weight is 778 g/mol. The number of aromatic nitrogens is 4. The average Bonchev–Trinajstić information content (AvgIpc) is 3.45. The molecule has 0 amide bonds. The molecule has 3 aromatic carbocycles. The van der Waals surface area contributed by atoms with Gasteiger partial charge < -0.3 is 24.2 Å². The minimum atomic E-state index is -0.655. The smallest absolute Gasteiger partial charge is 0.319 e. The van der Waals surface area contributed by atoms with Crippen LogP contribution in [0.3, 0.4) is 0 Å². The fraction of sp³-hybridized carbons (Fsp3) is 0.523. The fourth-order valence-electron chi connectivity index (χ4n) is 10.5. The van der Waals surface area contributed by atoms with Crippen molar-refractivity contribution in [2.45, 2.75) is 69.2 Å². The Hall–Kier alpha value is -4.61. The van der Waals surface area contributed by atoms with Crippen LogP contribution in [0, 0.1) is 35.3 Å². The number of piperazine rings is 1. The van der Waals surface area contributed by atoms with Crippen molar-refractivity contribution in [1.82, 2.24) is 29.5 Å². The van der Waals surface area contributed by atoms with Crippen molar-refractivity contribution >= 4 is 38.4 Å². The summed E-state index contributed by atoms with van der Waals surface area (Å²) in [6.07, 6.45) is 15.4. The molecule has 5 fully saturated rings. The van der Waals surface area contributed by atoms with Crippen LogP contribution in [0.1, 0.15) is 50.5 Å². The van der Waals surface area contributed by atoms with E-state index in [1.54, 1.807) is 25.9 Å². The number of fused-ring (bicyclic) bond motifs is 6. The Balaban J connectivity index is 1.11. The quantitative estimate of drug-likeness (QED) is 0.155. The van der Waals surface area contributed by atoms with Crippen LogP contribution < -0.4 is 9.64 Å². The Kier molecular flexibility index (Phi) is 9.05. The lowest BCUT2D eigenvalue weighted by atomic mass is 9.79. The van der Waals surface area contributed by atoms with Crippen molar-refractivity contribution in [2.24, 2.45) is 18.4 Å². The van der Waals surface area contributed by atoms with Crippen molar-refractivity contribution in [2.75, 3.05) is 65.1 Å². The molecule has 2 bridgehead atoms. The highest BCUT2D eigenvalue weighted by Gasteiger charge is 2.48. The number of phenols is 1. The summed E-state index contributed by atoms with van der Waals surface area (Å²) in [5, 5.41) is 17.8. The molecule has 2 saturated carbocycles. The second-order valence-corrected chi connectivity index (χ2v) is 17.3. The normalized spacial score (nSPS) is 25.8. The molecular formula is C44H49F2N7O4. The van der Waals surface area contributed by atoms with Gasteiger partial charge in [0.25, 0.3) is 0 Å². The number of benzene rings is 3. The van der Waals surface area contributed by atoms with Gasteiger partial charge >= 0.3 is 6.01 Å². The lowest BCUT2D eigenvalue weighted by Crippen LogP contribution is -2.59. The third kappa shape index (κ3) is 6.27. The van der Waals surface area contributed by atoms with Gasteiger partial charge in [0.1, 0.15) is 28.4 Å². The van der Waals surface area contributed by atoms with Crippen LogP contribution >= 0.6 is 0 Å². The van der Waals surface area contributed by atoms with Gasteiger partial charge in [-0.3, -0.25) is 14.5 Å².